The third-order valence-electron chi connectivity index (χ3n) is 5.13. The van der Waals surface area contributed by atoms with Crippen LogP contribution in [-0.4, -0.2) is 42.8 Å². The molecule has 6 heteroatoms. The van der Waals surface area contributed by atoms with Crippen LogP contribution in [0.1, 0.15) is 24.8 Å². The fraction of sp³-hybridized carbons (Fsp3) is 0.533. The molecule has 1 aromatic carbocycles. The molecule has 112 valence electrons. The lowest BCUT2D eigenvalue weighted by Gasteiger charge is -2.31. The lowest BCUT2D eigenvalue weighted by molar-refractivity contribution is -0.134. The molecule has 2 atom stereocenters. The molecule has 2 saturated heterocycles. The summed E-state index contributed by atoms with van der Waals surface area (Å²) in [7, 11) is -2.99. The van der Waals surface area contributed by atoms with Crippen LogP contribution in [0.3, 0.4) is 0 Å². The Labute approximate surface area is 122 Å². The SMILES string of the molecule is O=C(N1CC2CC1CS2(=O)=O)C1(c2ccc(F)cc2)CC1. The van der Waals surface area contributed by atoms with Crippen molar-refractivity contribution in [2.45, 2.75) is 36.0 Å². The highest BCUT2D eigenvalue weighted by Crippen LogP contribution is 2.51. The van der Waals surface area contributed by atoms with Crippen LogP contribution in [-0.2, 0) is 20.0 Å². The van der Waals surface area contributed by atoms with Crippen LogP contribution in [0.4, 0.5) is 4.39 Å². The standard InChI is InChI=1S/C15H16FNO3S/c16-11-3-1-10(2-4-11)15(5-6-15)14(18)17-8-13-7-12(17)9-21(13,19)20/h1-4,12-13H,5-9H2. The molecule has 2 heterocycles. The Kier molecular flexibility index (Phi) is 2.56. The molecule has 1 aliphatic carbocycles. The Hall–Kier alpha value is -1.43. The average Bonchev–Trinajstić information content (AvgIpc) is 3.06. The van der Waals surface area contributed by atoms with E-state index in [1.165, 1.54) is 12.1 Å². The van der Waals surface area contributed by atoms with Gasteiger partial charge in [0.2, 0.25) is 5.91 Å². The van der Waals surface area contributed by atoms with Crippen molar-refractivity contribution in [1.29, 1.82) is 0 Å². The Morgan fingerprint density at radius 2 is 1.90 bits per heavy atom. The van der Waals surface area contributed by atoms with E-state index < -0.39 is 15.3 Å². The Balaban J connectivity index is 1.60. The van der Waals surface area contributed by atoms with Crippen LogP contribution in [0.25, 0.3) is 0 Å². The minimum atomic E-state index is -2.99. The first-order chi connectivity index (χ1) is 9.92. The number of benzene rings is 1. The van der Waals surface area contributed by atoms with Gasteiger partial charge in [-0.15, -0.1) is 0 Å². The van der Waals surface area contributed by atoms with Crippen molar-refractivity contribution in [3.8, 4) is 0 Å². The monoisotopic (exact) mass is 309 g/mol. The molecule has 3 aliphatic rings. The van der Waals surface area contributed by atoms with Crippen LogP contribution >= 0.6 is 0 Å². The molecular weight excluding hydrogens is 293 g/mol. The third-order valence-corrected chi connectivity index (χ3v) is 7.33. The molecule has 2 unspecified atom stereocenters. The van der Waals surface area contributed by atoms with E-state index in [2.05, 4.69) is 0 Å². The van der Waals surface area contributed by atoms with Gasteiger partial charge in [0.05, 0.1) is 16.4 Å². The summed E-state index contributed by atoms with van der Waals surface area (Å²) in [6.07, 6.45) is 2.10. The van der Waals surface area contributed by atoms with Crippen molar-refractivity contribution in [3.05, 3.63) is 35.6 Å². The first kappa shape index (κ1) is 13.2. The summed E-state index contributed by atoms with van der Waals surface area (Å²) in [5.41, 5.74) is 0.307. The van der Waals surface area contributed by atoms with E-state index in [0.29, 0.717) is 13.0 Å². The number of amides is 1. The van der Waals surface area contributed by atoms with Crippen molar-refractivity contribution in [1.82, 2.24) is 4.90 Å². The molecular formula is C15H16FNO3S. The van der Waals surface area contributed by atoms with Gasteiger partial charge < -0.3 is 4.90 Å². The first-order valence-electron chi connectivity index (χ1n) is 7.21. The number of carbonyl (C=O) groups is 1. The molecule has 3 fully saturated rings. The van der Waals surface area contributed by atoms with E-state index in [4.69, 9.17) is 0 Å². The van der Waals surface area contributed by atoms with Crippen LogP contribution in [0.15, 0.2) is 24.3 Å². The van der Waals surface area contributed by atoms with Gasteiger partial charge in [0.15, 0.2) is 9.84 Å². The second-order valence-corrected chi connectivity index (χ2v) is 8.71. The van der Waals surface area contributed by atoms with Crippen LogP contribution in [0.2, 0.25) is 0 Å². The molecule has 2 bridgehead atoms. The maximum atomic E-state index is 13.0. The maximum Gasteiger partial charge on any atom is 0.233 e. The smallest absolute Gasteiger partial charge is 0.233 e. The van der Waals surface area contributed by atoms with Gasteiger partial charge >= 0.3 is 0 Å². The highest BCUT2D eigenvalue weighted by molar-refractivity contribution is 7.92. The van der Waals surface area contributed by atoms with Crippen LogP contribution in [0, 0.1) is 5.82 Å². The predicted octanol–water partition coefficient (Wildman–Crippen LogP) is 1.26. The number of hydrogen-bond donors (Lipinski definition) is 0. The van der Waals surface area contributed by atoms with E-state index in [1.807, 2.05) is 0 Å². The zero-order valence-corrected chi connectivity index (χ0v) is 12.3. The summed E-state index contributed by atoms with van der Waals surface area (Å²) in [6.45, 7) is 0.328. The van der Waals surface area contributed by atoms with E-state index in [-0.39, 0.29) is 28.8 Å². The Morgan fingerprint density at radius 1 is 1.24 bits per heavy atom. The van der Waals surface area contributed by atoms with E-state index >= 15 is 0 Å². The van der Waals surface area contributed by atoms with Gasteiger partial charge in [0.25, 0.3) is 0 Å². The molecule has 4 rings (SSSR count). The highest BCUT2D eigenvalue weighted by atomic mass is 32.2. The fourth-order valence-corrected chi connectivity index (χ4v) is 5.77. The summed E-state index contributed by atoms with van der Waals surface area (Å²) >= 11 is 0. The van der Waals surface area contributed by atoms with E-state index in [0.717, 1.165) is 18.4 Å². The lowest BCUT2D eigenvalue weighted by Crippen LogP contribution is -2.48. The molecule has 2 aliphatic heterocycles. The van der Waals surface area contributed by atoms with Gasteiger partial charge in [0.1, 0.15) is 5.82 Å². The average molecular weight is 309 g/mol. The molecule has 0 spiro atoms. The zero-order valence-electron chi connectivity index (χ0n) is 11.5. The van der Waals surface area contributed by atoms with Crippen molar-refractivity contribution < 1.29 is 17.6 Å². The number of sulfone groups is 1. The Bertz CT molecular complexity index is 709. The quantitative estimate of drug-likeness (QED) is 0.826. The number of nitrogens with zero attached hydrogens (tertiary/aromatic N) is 1. The molecule has 1 aromatic rings. The van der Waals surface area contributed by atoms with Gasteiger partial charge in [-0.2, -0.15) is 0 Å². The largest absolute Gasteiger partial charge is 0.337 e. The lowest BCUT2D eigenvalue weighted by atomic mass is 9.94. The number of likely N-dealkylation sites (tertiary alicyclic amines) is 1. The van der Waals surface area contributed by atoms with E-state index in [1.54, 1.807) is 17.0 Å². The topological polar surface area (TPSA) is 54.5 Å². The molecule has 1 saturated carbocycles. The molecule has 1 amide bonds. The minimum absolute atomic E-state index is 0.0245. The van der Waals surface area contributed by atoms with Gasteiger partial charge in [-0.05, 0) is 37.0 Å². The summed E-state index contributed by atoms with van der Waals surface area (Å²) in [6, 6.07) is 5.94. The molecule has 0 radical (unpaired) electrons. The second-order valence-electron chi connectivity index (χ2n) is 6.39. The molecule has 21 heavy (non-hydrogen) atoms. The normalized spacial score (nSPS) is 31.4. The van der Waals surface area contributed by atoms with Crippen LogP contribution < -0.4 is 0 Å². The number of rotatable bonds is 2. The van der Waals surface area contributed by atoms with Crippen molar-refractivity contribution >= 4 is 15.7 Å². The molecule has 0 N–H and O–H groups in total. The van der Waals surface area contributed by atoms with E-state index in [9.17, 15) is 17.6 Å². The Morgan fingerprint density at radius 3 is 2.38 bits per heavy atom. The van der Waals surface area contributed by atoms with Crippen molar-refractivity contribution in [2.75, 3.05) is 12.3 Å². The first-order valence-corrected chi connectivity index (χ1v) is 8.93. The van der Waals surface area contributed by atoms with Crippen molar-refractivity contribution in [3.63, 3.8) is 0 Å². The summed E-state index contributed by atoms with van der Waals surface area (Å²) < 4.78 is 36.6. The van der Waals surface area contributed by atoms with Gasteiger partial charge in [-0.25, -0.2) is 12.8 Å². The maximum absolute atomic E-state index is 13.0. The van der Waals surface area contributed by atoms with Gasteiger partial charge in [0, 0.05) is 12.6 Å². The summed E-state index contributed by atoms with van der Waals surface area (Å²) in [5.74, 6) is -0.187. The molecule has 0 aromatic heterocycles. The van der Waals surface area contributed by atoms with Crippen molar-refractivity contribution in [2.24, 2.45) is 0 Å². The van der Waals surface area contributed by atoms with Crippen LogP contribution in [0.5, 0.6) is 0 Å². The highest BCUT2D eigenvalue weighted by Gasteiger charge is 2.58. The predicted molar refractivity (Wildman–Crippen MR) is 75.0 cm³/mol. The summed E-state index contributed by atoms with van der Waals surface area (Å²) in [5, 5.41) is -0.379. The minimum Gasteiger partial charge on any atom is -0.337 e. The molecule has 4 nitrogen and oxygen atoms in total. The number of carbonyl (C=O) groups excluding carboxylic acids is 1. The van der Waals surface area contributed by atoms with Gasteiger partial charge in [-0.1, -0.05) is 12.1 Å². The zero-order chi connectivity index (χ0) is 14.8. The second kappa shape index (κ2) is 4.06. The van der Waals surface area contributed by atoms with Gasteiger partial charge in [-0.3, -0.25) is 4.79 Å². The third kappa shape index (κ3) is 1.84. The number of halogens is 1. The fourth-order valence-electron chi connectivity index (χ4n) is 3.74. The summed E-state index contributed by atoms with van der Waals surface area (Å²) in [4.78, 5) is 14.6. The number of hydrogen-bond acceptors (Lipinski definition) is 3. The number of fused-ring (bicyclic) bond motifs is 2.